The van der Waals surface area contributed by atoms with Gasteiger partial charge in [-0.1, -0.05) is 0 Å². The topological polar surface area (TPSA) is 15.3 Å². The van der Waals surface area contributed by atoms with Crippen molar-refractivity contribution in [3.05, 3.63) is 35.4 Å². The van der Waals surface area contributed by atoms with E-state index in [1.54, 1.807) is 0 Å². The van der Waals surface area contributed by atoms with Crippen molar-refractivity contribution in [2.75, 3.05) is 20.6 Å². The van der Waals surface area contributed by atoms with Crippen LogP contribution in [0.4, 0.5) is 8.78 Å². The number of benzene rings is 1. The quantitative estimate of drug-likeness (QED) is 0.888. The Labute approximate surface area is 107 Å². The van der Waals surface area contributed by atoms with E-state index in [-0.39, 0.29) is 17.7 Å². The van der Waals surface area contributed by atoms with E-state index in [1.165, 1.54) is 18.2 Å². The maximum atomic E-state index is 13.8. The summed E-state index contributed by atoms with van der Waals surface area (Å²) in [7, 11) is 3.81. The third-order valence-electron chi connectivity index (χ3n) is 3.61. The number of hydrogen-bond acceptors (Lipinski definition) is 2. The summed E-state index contributed by atoms with van der Waals surface area (Å²) in [6, 6.07) is 4.01. The van der Waals surface area contributed by atoms with Crippen LogP contribution in [-0.2, 0) is 0 Å². The summed E-state index contributed by atoms with van der Waals surface area (Å²) in [5.74, 6) is -0.703. The summed E-state index contributed by atoms with van der Waals surface area (Å²) in [5.41, 5.74) is 0.453. The van der Waals surface area contributed by atoms with E-state index in [0.29, 0.717) is 11.6 Å². The van der Waals surface area contributed by atoms with Gasteiger partial charge in [-0.3, -0.25) is 0 Å². The zero-order chi connectivity index (χ0) is 13.1. The number of halogens is 2. The summed E-state index contributed by atoms with van der Waals surface area (Å²) in [6.07, 6.45) is 3.09. The minimum absolute atomic E-state index is 0.0868. The lowest BCUT2D eigenvalue weighted by molar-refractivity contribution is 0.256. The van der Waals surface area contributed by atoms with Gasteiger partial charge in [0.05, 0.1) is 0 Å². The molecular formula is C14H20F2N2. The predicted octanol–water partition coefficient (Wildman–Crippen LogP) is 2.71. The predicted molar refractivity (Wildman–Crippen MR) is 68.4 cm³/mol. The highest BCUT2D eigenvalue weighted by Gasteiger charge is 2.24. The zero-order valence-electron chi connectivity index (χ0n) is 10.9. The van der Waals surface area contributed by atoms with Gasteiger partial charge in [-0.2, -0.15) is 0 Å². The van der Waals surface area contributed by atoms with Crippen LogP contribution in [0.5, 0.6) is 0 Å². The van der Waals surface area contributed by atoms with Crippen LogP contribution in [0, 0.1) is 11.6 Å². The summed E-state index contributed by atoms with van der Waals surface area (Å²) in [5, 5.41) is 3.40. The van der Waals surface area contributed by atoms with Crippen molar-refractivity contribution >= 4 is 0 Å². The van der Waals surface area contributed by atoms with Crippen LogP contribution < -0.4 is 5.32 Å². The molecule has 2 rings (SSSR count). The molecule has 18 heavy (non-hydrogen) atoms. The molecule has 1 N–H and O–H groups in total. The lowest BCUT2D eigenvalue weighted by atomic mass is 9.97. The van der Waals surface area contributed by atoms with Crippen molar-refractivity contribution in [1.82, 2.24) is 10.2 Å². The average Bonchev–Trinajstić information content (AvgIpc) is 2.82. The molecule has 1 aliphatic rings. The summed E-state index contributed by atoms with van der Waals surface area (Å²) < 4.78 is 27.1. The highest BCUT2D eigenvalue weighted by Crippen LogP contribution is 2.28. The largest absolute Gasteiger partial charge is 0.314 e. The first kappa shape index (κ1) is 13.4. The molecule has 2 nitrogen and oxygen atoms in total. The monoisotopic (exact) mass is 254 g/mol. The highest BCUT2D eigenvalue weighted by atomic mass is 19.1. The SMILES string of the molecule is CN(C)C(CC1CCCN1)c1cc(F)ccc1F. The molecule has 0 spiro atoms. The molecule has 1 aromatic carbocycles. The Morgan fingerprint density at radius 2 is 2.17 bits per heavy atom. The van der Waals surface area contributed by atoms with Gasteiger partial charge in [0.25, 0.3) is 0 Å². The molecule has 2 unspecified atom stereocenters. The second kappa shape index (κ2) is 5.76. The molecule has 0 aliphatic carbocycles. The fourth-order valence-corrected chi connectivity index (χ4v) is 2.61. The fraction of sp³-hybridized carbons (Fsp3) is 0.571. The van der Waals surface area contributed by atoms with Crippen LogP contribution in [0.1, 0.15) is 30.9 Å². The van der Waals surface area contributed by atoms with E-state index in [9.17, 15) is 8.78 Å². The van der Waals surface area contributed by atoms with Crippen LogP contribution in [0.25, 0.3) is 0 Å². The standard InChI is InChI=1S/C14H20F2N2/c1-18(2)14(9-11-4-3-7-17-11)12-8-10(15)5-6-13(12)16/h5-6,8,11,14,17H,3-4,7,9H2,1-2H3. The van der Waals surface area contributed by atoms with Gasteiger partial charge in [0, 0.05) is 17.6 Å². The minimum atomic E-state index is -0.377. The molecule has 0 aromatic heterocycles. The molecule has 1 saturated heterocycles. The normalized spacial score (nSPS) is 21.5. The molecule has 4 heteroatoms. The second-order valence-corrected chi connectivity index (χ2v) is 5.17. The van der Waals surface area contributed by atoms with Gasteiger partial charge in [0.1, 0.15) is 11.6 Å². The van der Waals surface area contributed by atoms with Gasteiger partial charge in [0.2, 0.25) is 0 Å². The maximum Gasteiger partial charge on any atom is 0.128 e. The molecule has 0 radical (unpaired) electrons. The van der Waals surface area contributed by atoms with Gasteiger partial charge in [-0.25, -0.2) is 8.78 Å². The first-order valence-electron chi connectivity index (χ1n) is 6.42. The Morgan fingerprint density at radius 3 is 2.78 bits per heavy atom. The third kappa shape index (κ3) is 3.06. The maximum absolute atomic E-state index is 13.8. The van der Waals surface area contributed by atoms with Crippen LogP contribution in [0.3, 0.4) is 0 Å². The van der Waals surface area contributed by atoms with Gasteiger partial charge >= 0.3 is 0 Å². The molecular weight excluding hydrogens is 234 g/mol. The van der Waals surface area contributed by atoms with Crippen molar-refractivity contribution in [2.24, 2.45) is 0 Å². The lowest BCUT2D eigenvalue weighted by Crippen LogP contribution is -2.30. The molecule has 2 atom stereocenters. The third-order valence-corrected chi connectivity index (χ3v) is 3.61. The van der Waals surface area contributed by atoms with E-state index in [0.717, 1.165) is 25.8 Å². The van der Waals surface area contributed by atoms with E-state index in [4.69, 9.17) is 0 Å². The van der Waals surface area contributed by atoms with Crippen LogP contribution in [0.2, 0.25) is 0 Å². The fourth-order valence-electron chi connectivity index (χ4n) is 2.61. The van der Waals surface area contributed by atoms with Gasteiger partial charge in [-0.15, -0.1) is 0 Å². The van der Waals surface area contributed by atoms with Crippen molar-refractivity contribution in [1.29, 1.82) is 0 Å². The summed E-state index contributed by atoms with van der Waals surface area (Å²) >= 11 is 0. The van der Waals surface area contributed by atoms with Gasteiger partial charge in [-0.05, 0) is 58.1 Å². The second-order valence-electron chi connectivity index (χ2n) is 5.17. The molecule has 1 aromatic rings. The Kier molecular flexibility index (Phi) is 4.30. The Hall–Kier alpha value is -1.00. The summed E-state index contributed by atoms with van der Waals surface area (Å²) in [6.45, 7) is 1.02. The lowest BCUT2D eigenvalue weighted by Gasteiger charge is -2.28. The van der Waals surface area contributed by atoms with Crippen molar-refractivity contribution in [3.8, 4) is 0 Å². The van der Waals surface area contributed by atoms with Crippen LogP contribution in [-0.4, -0.2) is 31.6 Å². The molecule has 0 bridgehead atoms. The van der Waals surface area contributed by atoms with E-state index in [2.05, 4.69) is 5.32 Å². The zero-order valence-corrected chi connectivity index (χ0v) is 10.9. The number of hydrogen-bond donors (Lipinski definition) is 1. The molecule has 0 amide bonds. The van der Waals surface area contributed by atoms with Crippen LogP contribution in [0.15, 0.2) is 18.2 Å². The first-order chi connectivity index (χ1) is 8.58. The number of nitrogens with zero attached hydrogens (tertiary/aromatic N) is 1. The first-order valence-corrected chi connectivity index (χ1v) is 6.42. The Balaban J connectivity index is 2.20. The smallest absolute Gasteiger partial charge is 0.128 e. The average molecular weight is 254 g/mol. The molecule has 1 aliphatic heterocycles. The van der Waals surface area contributed by atoms with E-state index in [1.807, 2.05) is 19.0 Å². The van der Waals surface area contributed by atoms with Crippen LogP contribution >= 0.6 is 0 Å². The molecule has 1 fully saturated rings. The van der Waals surface area contributed by atoms with Gasteiger partial charge in [0.15, 0.2) is 0 Å². The number of nitrogens with one attached hydrogen (secondary N) is 1. The summed E-state index contributed by atoms with van der Waals surface area (Å²) in [4.78, 5) is 1.96. The van der Waals surface area contributed by atoms with Crippen molar-refractivity contribution in [2.45, 2.75) is 31.3 Å². The van der Waals surface area contributed by atoms with Crippen molar-refractivity contribution < 1.29 is 8.78 Å². The Bertz CT molecular complexity index is 401. The van der Waals surface area contributed by atoms with E-state index >= 15 is 0 Å². The van der Waals surface area contributed by atoms with Crippen molar-refractivity contribution in [3.63, 3.8) is 0 Å². The molecule has 1 heterocycles. The van der Waals surface area contributed by atoms with E-state index < -0.39 is 0 Å². The van der Waals surface area contributed by atoms with Gasteiger partial charge < -0.3 is 10.2 Å². The Morgan fingerprint density at radius 1 is 1.39 bits per heavy atom. The molecule has 100 valence electrons. The molecule has 0 saturated carbocycles. The minimum Gasteiger partial charge on any atom is -0.314 e. The number of rotatable bonds is 4. The highest BCUT2D eigenvalue weighted by molar-refractivity contribution is 5.22.